The van der Waals surface area contributed by atoms with Crippen LogP contribution < -0.4 is 4.72 Å². The summed E-state index contributed by atoms with van der Waals surface area (Å²) in [5.41, 5.74) is -5.45. The second kappa shape index (κ2) is 16.1. The SMILES string of the molecule is CCCCCCCCCCCCCCCCCCC(=O)NS(=O)(=O)C(F)(F)F. The van der Waals surface area contributed by atoms with Gasteiger partial charge in [0.05, 0.1) is 0 Å². The lowest BCUT2D eigenvalue weighted by Crippen LogP contribution is -2.40. The maximum absolute atomic E-state index is 12.1. The molecule has 0 spiro atoms. The van der Waals surface area contributed by atoms with Gasteiger partial charge < -0.3 is 0 Å². The van der Waals surface area contributed by atoms with Gasteiger partial charge in [0.1, 0.15) is 0 Å². The maximum Gasteiger partial charge on any atom is 0.516 e. The molecule has 0 radical (unpaired) electrons. The molecule has 168 valence electrons. The zero-order chi connectivity index (χ0) is 21.3. The normalized spacial score (nSPS) is 12.3. The Kier molecular flexibility index (Phi) is 15.6. The van der Waals surface area contributed by atoms with Crippen molar-refractivity contribution < 1.29 is 26.4 Å². The molecule has 0 saturated carbocycles. The van der Waals surface area contributed by atoms with Crippen molar-refractivity contribution in [2.24, 2.45) is 0 Å². The fraction of sp³-hybridized carbons (Fsp3) is 0.950. The molecule has 0 heterocycles. The second-order valence-electron chi connectivity index (χ2n) is 7.53. The van der Waals surface area contributed by atoms with Crippen LogP contribution >= 0.6 is 0 Å². The van der Waals surface area contributed by atoms with Gasteiger partial charge in [0.25, 0.3) is 0 Å². The third-order valence-corrected chi connectivity index (χ3v) is 5.92. The van der Waals surface area contributed by atoms with Crippen LogP contribution in [0.15, 0.2) is 0 Å². The number of sulfonamides is 1. The van der Waals surface area contributed by atoms with Gasteiger partial charge in [-0.05, 0) is 6.42 Å². The molecule has 1 N–H and O–H groups in total. The Morgan fingerprint density at radius 1 is 0.679 bits per heavy atom. The van der Waals surface area contributed by atoms with Gasteiger partial charge >= 0.3 is 15.5 Å². The molecule has 0 fully saturated rings. The number of halogens is 3. The summed E-state index contributed by atoms with van der Waals surface area (Å²) in [6.07, 6.45) is 18.5. The van der Waals surface area contributed by atoms with Gasteiger partial charge in [-0.3, -0.25) is 4.79 Å². The Hall–Kier alpha value is -0.790. The van der Waals surface area contributed by atoms with Gasteiger partial charge in [0.15, 0.2) is 0 Å². The Morgan fingerprint density at radius 2 is 1.00 bits per heavy atom. The summed E-state index contributed by atoms with van der Waals surface area (Å²) in [6, 6.07) is 0. The van der Waals surface area contributed by atoms with Crippen molar-refractivity contribution in [3.8, 4) is 0 Å². The Bertz CT molecular complexity index is 493. The summed E-state index contributed by atoms with van der Waals surface area (Å²) in [6.45, 7) is 2.23. The van der Waals surface area contributed by atoms with Crippen molar-refractivity contribution in [3.05, 3.63) is 0 Å². The van der Waals surface area contributed by atoms with Crippen LogP contribution in [0.25, 0.3) is 0 Å². The van der Waals surface area contributed by atoms with E-state index in [0.717, 1.165) is 30.4 Å². The van der Waals surface area contributed by atoms with Crippen molar-refractivity contribution in [2.75, 3.05) is 0 Å². The Morgan fingerprint density at radius 3 is 1.32 bits per heavy atom. The molecule has 4 nitrogen and oxygen atoms in total. The summed E-state index contributed by atoms with van der Waals surface area (Å²) in [5.74, 6) is -1.09. The third kappa shape index (κ3) is 15.2. The third-order valence-electron chi connectivity index (χ3n) is 4.81. The van der Waals surface area contributed by atoms with E-state index >= 15 is 0 Å². The van der Waals surface area contributed by atoms with E-state index in [4.69, 9.17) is 0 Å². The first-order chi connectivity index (χ1) is 13.2. The summed E-state index contributed by atoms with van der Waals surface area (Å²) in [4.78, 5) is 11.3. The molecule has 8 heteroatoms. The molecule has 0 aliphatic heterocycles. The van der Waals surface area contributed by atoms with Gasteiger partial charge in [-0.2, -0.15) is 21.6 Å². The molecule has 0 aromatic heterocycles. The summed E-state index contributed by atoms with van der Waals surface area (Å²) < 4.78 is 59.0. The molecule has 0 aliphatic carbocycles. The van der Waals surface area contributed by atoms with Gasteiger partial charge in [-0.15, -0.1) is 0 Å². The molecule has 0 bridgehead atoms. The van der Waals surface area contributed by atoms with E-state index < -0.39 is 21.4 Å². The second-order valence-corrected chi connectivity index (χ2v) is 9.20. The van der Waals surface area contributed by atoms with Crippen LogP contribution in [-0.2, 0) is 14.8 Å². The Balaban J connectivity index is 3.37. The first-order valence-corrected chi connectivity index (χ1v) is 12.3. The van der Waals surface area contributed by atoms with Crippen LogP contribution in [0.2, 0.25) is 0 Å². The van der Waals surface area contributed by atoms with E-state index in [1.807, 2.05) is 0 Å². The molecule has 0 aliphatic rings. The average Bonchev–Trinajstić information content (AvgIpc) is 2.60. The highest BCUT2D eigenvalue weighted by Gasteiger charge is 2.46. The molecule has 28 heavy (non-hydrogen) atoms. The summed E-state index contributed by atoms with van der Waals surface area (Å²) in [5, 5.41) is 0. The van der Waals surface area contributed by atoms with Crippen LogP contribution in [0.5, 0.6) is 0 Å². The number of rotatable bonds is 18. The number of carbonyl (C=O) groups excluding carboxylic acids is 1. The monoisotopic (exact) mass is 429 g/mol. The van der Waals surface area contributed by atoms with Crippen molar-refractivity contribution >= 4 is 15.9 Å². The quantitative estimate of drug-likeness (QED) is 0.250. The van der Waals surface area contributed by atoms with Gasteiger partial charge in [0, 0.05) is 6.42 Å². The van der Waals surface area contributed by atoms with Crippen LogP contribution in [0.1, 0.15) is 116 Å². The van der Waals surface area contributed by atoms with Gasteiger partial charge in [-0.25, -0.2) is 4.72 Å². The summed E-state index contributed by atoms with van der Waals surface area (Å²) in [7, 11) is -5.57. The first kappa shape index (κ1) is 27.2. The minimum Gasteiger partial charge on any atom is -0.274 e. The standard InChI is InChI=1S/C20H38F3NO3S/c1-2-3-4-5-6-7-8-9-10-11-12-13-14-15-16-17-18-19(25)24-28(26,27)20(21,22)23/h2-18H2,1H3,(H,24,25). The van der Waals surface area contributed by atoms with Crippen LogP contribution in [0, 0.1) is 0 Å². The largest absolute Gasteiger partial charge is 0.516 e. The number of alkyl halides is 3. The zero-order valence-corrected chi connectivity index (χ0v) is 18.1. The predicted octanol–water partition coefficient (Wildman–Crippen LogP) is 6.60. The molecule has 1 amide bonds. The van der Waals surface area contributed by atoms with E-state index in [1.54, 1.807) is 0 Å². The lowest BCUT2D eigenvalue weighted by Gasteiger charge is -2.09. The van der Waals surface area contributed by atoms with Crippen LogP contribution in [0.4, 0.5) is 13.2 Å². The van der Waals surface area contributed by atoms with E-state index in [0.29, 0.717) is 6.42 Å². The molecule has 0 saturated heterocycles. The van der Waals surface area contributed by atoms with Crippen LogP contribution in [0.3, 0.4) is 0 Å². The van der Waals surface area contributed by atoms with E-state index in [2.05, 4.69) is 6.92 Å². The Labute approximate surface area is 169 Å². The minimum absolute atomic E-state index is 0.201. The molecule has 0 unspecified atom stereocenters. The fourth-order valence-corrected chi connectivity index (χ4v) is 3.61. The molecular formula is C20H38F3NO3S. The number of carbonyl (C=O) groups is 1. The van der Waals surface area contributed by atoms with Crippen molar-refractivity contribution in [1.29, 1.82) is 0 Å². The highest BCUT2D eigenvalue weighted by Crippen LogP contribution is 2.21. The number of nitrogens with one attached hydrogen (secondary N) is 1. The van der Waals surface area contributed by atoms with Crippen molar-refractivity contribution in [2.45, 2.75) is 122 Å². The van der Waals surface area contributed by atoms with E-state index in [-0.39, 0.29) is 6.42 Å². The predicted molar refractivity (Wildman–Crippen MR) is 107 cm³/mol. The molecule has 0 aromatic rings. The number of unbranched alkanes of at least 4 members (excludes halogenated alkanes) is 15. The molecular weight excluding hydrogens is 391 g/mol. The fourth-order valence-electron chi connectivity index (χ4n) is 3.09. The lowest BCUT2D eigenvalue weighted by atomic mass is 10.0. The maximum atomic E-state index is 12.1. The smallest absolute Gasteiger partial charge is 0.274 e. The summed E-state index contributed by atoms with van der Waals surface area (Å²) >= 11 is 0. The number of amides is 1. The van der Waals surface area contributed by atoms with E-state index in [1.165, 1.54) is 70.6 Å². The van der Waals surface area contributed by atoms with Crippen molar-refractivity contribution in [1.82, 2.24) is 4.72 Å². The molecule has 0 atom stereocenters. The van der Waals surface area contributed by atoms with Gasteiger partial charge in [0.2, 0.25) is 5.91 Å². The highest BCUT2D eigenvalue weighted by molar-refractivity contribution is 7.90. The molecule has 0 aromatic carbocycles. The first-order valence-electron chi connectivity index (χ1n) is 10.8. The zero-order valence-electron chi connectivity index (χ0n) is 17.3. The topological polar surface area (TPSA) is 63.2 Å². The lowest BCUT2D eigenvalue weighted by molar-refractivity contribution is -0.120. The molecule has 0 rings (SSSR count). The number of hydrogen-bond acceptors (Lipinski definition) is 3. The number of hydrogen-bond donors (Lipinski definition) is 1. The minimum atomic E-state index is -5.57. The highest BCUT2D eigenvalue weighted by atomic mass is 32.2. The van der Waals surface area contributed by atoms with Gasteiger partial charge in [-0.1, -0.05) is 103 Å². The van der Waals surface area contributed by atoms with Crippen LogP contribution in [-0.4, -0.2) is 19.8 Å². The average molecular weight is 430 g/mol. The van der Waals surface area contributed by atoms with Crippen molar-refractivity contribution in [3.63, 3.8) is 0 Å². The van der Waals surface area contributed by atoms with E-state index in [9.17, 15) is 26.4 Å².